The van der Waals surface area contributed by atoms with Gasteiger partial charge < -0.3 is 4.90 Å². The van der Waals surface area contributed by atoms with E-state index in [4.69, 9.17) is 9.97 Å². The fraction of sp³-hybridized carbons (Fsp3) is 0.128. The molecule has 4 heteroatoms. The summed E-state index contributed by atoms with van der Waals surface area (Å²) in [5.41, 5.74) is 11.8. The minimum absolute atomic E-state index is 0.0941. The predicted octanol–water partition coefficient (Wildman–Crippen LogP) is 9.23. The lowest BCUT2D eigenvalue weighted by molar-refractivity contribution is 0.645. The van der Waals surface area contributed by atoms with Gasteiger partial charge in [0.2, 0.25) is 5.95 Å². The van der Waals surface area contributed by atoms with Gasteiger partial charge in [-0.15, -0.1) is 0 Å². The molecule has 5 aromatic carbocycles. The van der Waals surface area contributed by atoms with E-state index in [1.807, 2.05) is 0 Å². The largest absolute Gasteiger partial charge is 0.303 e. The van der Waals surface area contributed by atoms with Crippen LogP contribution in [-0.2, 0) is 5.41 Å². The summed E-state index contributed by atoms with van der Waals surface area (Å²) in [5.74, 6) is 1.12. The highest BCUT2D eigenvalue weighted by molar-refractivity contribution is 6.11. The first-order chi connectivity index (χ1) is 21.1. The molecule has 2 aliphatic carbocycles. The Bertz CT molecular complexity index is 2410. The number of hydrogen-bond donors (Lipinski definition) is 0. The highest BCUT2D eigenvalue weighted by Crippen LogP contribution is 2.58. The lowest BCUT2D eigenvalue weighted by Crippen LogP contribution is -2.31. The van der Waals surface area contributed by atoms with Crippen molar-refractivity contribution in [3.63, 3.8) is 0 Å². The molecule has 43 heavy (non-hydrogen) atoms. The molecule has 0 fully saturated rings. The van der Waals surface area contributed by atoms with Gasteiger partial charge in [-0.05, 0) is 63.4 Å². The van der Waals surface area contributed by atoms with E-state index in [2.05, 4.69) is 145 Å². The summed E-state index contributed by atoms with van der Waals surface area (Å²) >= 11 is 0. The third-order valence-electron chi connectivity index (χ3n) is 10.1. The van der Waals surface area contributed by atoms with E-state index in [0.717, 1.165) is 33.5 Å². The van der Waals surface area contributed by atoms with E-state index in [1.165, 1.54) is 44.3 Å². The Morgan fingerprint density at radius 1 is 0.721 bits per heavy atom. The molecule has 0 N–H and O–H groups in total. The number of aromatic nitrogens is 3. The molecule has 0 saturated heterocycles. The van der Waals surface area contributed by atoms with Crippen LogP contribution in [0, 0.1) is 0 Å². The van der Waals surface area contributed by atoms with Crippen LogP contribution in [-0.4, -0.2) is 20.4 Å². The monoisotopic (exact) mass is 552 g/mol. The Morgan fingerprint density at radius 2 is 1.49 bits per heavy atom. The maximum Gasteiger partial charge on any atom is 0.217 e. The van der Waals surface area contributed by atoms with Gasteiger partial charge in [0.1, 0.15) is 5.65 Å². The Labute approximate surface area is 249 Å². The summed E-state index contributed by atoms with van der Waals surface area (Å²) in [6, 6.07) is 35.3. The Kier molecular flexibility index (Phi) is 4.34. The molecule has 2 aromatic heterocycles. The van der Waals surface area contributed by atoms with Crippen LogP contribution >= 0.6 is 0 Å². The van der Waals surface area contributed by atoms with Gasteiger partial charge in [-0.2, -0.15) is 0 Å². The molecule has 7 aromatic rings. The number of hydrogen-bond acceptors (Lipinski definition) is 3. The molecule has 2 unspecified atom stereocenters. The van der Waals surface area contributed by atoms with Crippen molar-refractivity contribution in [2.75, 3.05) is 4.90 Å². The van der Waals surface area contributed by atoms with Crippen molar-refractivity contribution in [3.8, 4) is 11.1 Å². The molecule has 0 spiro atoms. The second kappa shape index (κ2) is 7.99. The highest BCUT2D eigenvalue weighted by atomic mass is 15.3. The van der Waals surface area contributed by atoms with Gasteiger partial charge in [-0.25, -0.2) is 9.97 Å². The molecule has 3 heterocycles. The summed E-state index contributed by atoms with van der Waals surface area (Å²) in [7, 11) is 0. The quantitative estimate of drug-likeness (QED) is 0.204. The molecule has 0 bridgehead atoms. The summed E-state index contributed by atoms with van der Waals surface area (Å²) in [6.07, 6.45) is 9.12. The smallest absolute Gasteiger partial charge is 0.217 e. The number of benzene rings is 5. The molecule has 204 valence electrons. The van der Waals surface area contributed by atoms with Gasteiger partial charge in [-0.3, -0.25) is 4.40 Å². The third-order valence-corrected chi connectivity index (χ3v) is 10.1. The lowest BCUT2D eigenvalue weighted by atomic mass is 9.68. The summed E-state index contributed by atoms with van der Waals surface area (Å²) in [6.45, 7) is 4.73. The van der Waals surface area contributed by atoms with Gasteiger partial charge >= 0.3 is 0 Å². The topological polar surface area (TPSA) is 33.4 Å². The molecule has 0 radical (unpaired) electrons. The van der Waals surface area contributed by atoms with E-state index in [-0.39, 0.29) is 17.4 Å². The van der Waals surface area contributed by atoms with E-state index in [0.29, 0.717) is 0 Å². The maximum atomic E-state index is 5.47. The number of anilines is 2. The molecule has 0 saturated carbocycles. The molecule has 1 aliphatic heterocycles. The SMILES string of the molecule is CC1(C)c2ccccc2-c2c3c(cc4cccc1c24)C1C=CC=CC1N3c1nc2ccccc2c2nc3ccccc3n12. The van der Waals surface area contributed by atoms with Crippen LogP contribution in [0.1, 0.15) is 36.5 Å². The second-order valence-corrected chi connectivity index (χ2v) is 12.6. The van der Waals surface area contributed by atoms with Crippen molar-refractivity contribution < 1.29 is 0 Å². The van der Waals surface area contributed by atoms with Gasteiger partial charge in [0, 0.05) is 22.3 Å². The Hall–Kier alpha value is -5.22. The number of fused-ring (bicyclic) bond motifs is 11. The van der Waals surface area contributed by atoms with E-state index in [1.54, 1.807) is 0 Å². The normalized spacial score (nSPS) is 19.3. The van der Waals surface area contributed by atoms with Crippen molar-refractivity contribution in [1.82, 2.24) is 14.4 Å². The van der Waals surface area contributed by atoms with Gasteiger partial charge in [-0.1, -0.05) is 105 Å². The molecule has 10 rings (SSSR count). The van der Waals surface area contributed by atoms with Crippen molar-refractivity contribution in [1.29, 1.82) is 0 Å². The van der Waals surface area contributed by atoms with Crippen LogP contribution in [0.5, 0.6) is 0 Å². The van der Waals surface area contributed by atoms with Crippen molar-refractivity contribution >= 4 is 50.0 Å². The predicted molar refractivity (Wildman–Crippen MR) is 176 cm³/mol. The average Bonchev–Trinajstić information content (AvgIpc) is 3.59. The number of nitrogens with zero attached hydrogens (tertiary/aromatic N) is 4. The molecular formula is C39H28N4. The average molecular weight is 553 g/mol. The first-order valence-electron chi connectivity index (χ1n) is 15.1. The zero-order chi connectivity index (χ0) is 28.4. The van der Waals surface area contributed by atoms with E-state index < -0.39 is 0 Å². The first-order valence-corrected chi connectivity index (χ1v) is 15.1. The fourth-order valence-corrected chi connectivity index (χ4v) is 8.16. The zero-order valence-electron chi connectivity index (χ0n) is 24.0. The maximum absolute atomic E-state index is 5.47. The van der Waals surface area contributed by atoms with Crippen LogP contribution in [0.2, 0.25) is 0 Å². The number of allylic oxidation sites excluding steroid dienone is 2. The summed E-state index contributed by atoms with van der Waals surface area (Å²) in [5, 5.41) is 3.72. The minimum atomic E-state index is -0.109. The molecule has 4 nitrogen and oxygen atoms in total. The first kappa shape index (κ1) is 23.4. The molecular weight excluding hydrogens is 524 g/mol. The van der Waals surface area contributed by atoms with Crippen molar-refractivity contribution in [3.05, 3.63) is 138 Å². The van der Waals surface area contributed by atoms with E-state index in [9.17, 15) is 0 Å². The second-order valence-electron chi connectivity index (χ2n) is 12.6. The van der Waals surface area contributed by atoms with Crippen LogP contribution < -0.4 is 4.90 Å². The summed E-state index contributed by atoms with van der Waals surface area (Å²) < 4.78 is 2.29. The summed E-state index contributed by atoms with van der Waals surface area (Å²) in [4.78, 5) is 13.2. The van der Waals surface area contributed by atoms with Gasteiger partial charge in [0.25, 0.3) is 0 Å². The Morgan fingerprint density at radius 3 is 2.42 bits per heavy atom. The fourth-order valence-electron chi connectivity index (χ4n) is 8.16. The number of rotatable bonds is 1. The van der Waals surface area contributed by atoms with Gasteiger partial charge in [0.05, 0.1) is 28.3 Å². The standard InChI is InChI=1S/C39H28N4/c1-39(2)28-16-6-3-14-25(28)35-34-23(12-11-17-29(34)39)22-27-24-13-5-9-20-32(24)42(36(27)35)38-41-30-18-7-4-15-26(30)37-40-31-19-8-10-21-33(31)43(37)38/h3-22,24,32H,1-2H3. The van der Waals surface area contributed by atoms with Crippen LogP contribution in [0.3, 0.4) is 0 Å². The minimum Gasteiger partial charge on any atom is -0.303 e. The molecule has 2 atom stereocenters. The van der Waals surface area contributed by atoms with Gasteiger partial charge in [0.15, 0.2) is 0 Å². The van der Waals surface area contributed by atoms with Crippen LogP contribution in [0.4, 0.5) is 11.6 Å². The van der Waals surface area contributed by atoms with Crippen molar-refractivity contribution in [2.45, 2.75) is 31.2 Å². The molecule has 3 aliphatic rings. The zero-order valence-corrected chi connectivity index (χ0v) is 24.0. The van der Waals surface area contributed by atoms with Crippen LogP contribution in [0.15, 0.2) is 121 Å². The van der Waals surface area contributed by atoms with Crippen LogP contribution in [0.25, 0.3) is 49.5 Å². The van der Waals surface area contributed by atoms with Crippen molar-refractivity contribution in [2.24, 2.45) is 0 Å². The molecule has 0 amide bonds. The Balaban J connectivity index is 1.41. The number of imidazole rings is 1. The number of para-hydroxylation sites is 3. The lowest BCUT2D eigenvalue weighted by Gasteiger charge is -2.37. The third kappa shape index (κ3) is 2.86. The van der Waals surface area contributed by atoms with E-state index >= 15 is 0 Å². The highest BCUT2D eigenvalue weighted by Gasteiger charge is 2.44.